The first-order chi connectivity index (χ1) is 9.26. The molecule has 1 aromatic carbocycles. The lowest BCUT2D eigenvalue weighted by molar-refractivity contribution is 0.0529. The van der Waals surface area contributed by atoms with Crippen molar-refractivity contribution in [2.75, 3.05) is 23.8 Å². The van der Waals surface area contributed by atoms with Crippen LogP contribution in [0.2, 0.25) is 10.0 Å². The smallest absolute Gasteiger partial charge is 0.339 e. The first-order valence-electron chi connectivity index (χ1n) is 5.89. The minimum atomic E-state index is -3.20. The second kappa shape index (κ2) is 7.15. The molecule has 1 aromatic rings. The van der Waals surface area contributed by atoms with Gasteiger partial charge in [0.1, 0.15) is 6.61 Å². The van der Waals surface area contributed by atoms with Crippen LogP contribution >= 0.6 is 23.2 Å². The molecule has 20 heavy (non-hydrogen) atoms. The van der Waals surface area contributed by atoms with Gasteiger partial charge in [-0.15, -0.1) is 0 Å². The summed E-state index contributed by atoms with van der Waals surface area (Å²) in [6.07, 6.45) is 0.521. The number of esters is 1. The zero-order valence-electron chi connectivity index (χ0n) is 10.9. The molecule has 0 bridgehead atoms. The third kappa shape index (κ3) is 4.85. The van der Waals surface area contributed by atoms with E-state index in [9.17, 15) is 13.2 Å². The Morgan fingerprint density at radius 2 is 1.95 bits per heavy atom. The van der Waals surface area contributed by atoms with Crippen molar-refractivity contribution in [3.05, 3.63) is 27.7 Å². The van der Waals surface area contributed by atoms with Gasteiger partial charge in [0.25, 0.3) is 0 Å². The molecule has 0 aliphatic carbocycles. The summed E-state index contributed by atoms with van der Waals surface area (Å²) in [5, 5.41) is 0.166. The molecule has 1 rings (SSSR count). The highest BCUT2D eigenvalue weighted by atomic mass is 35.5. The summed E-state index contributed by atoms with van der Waals surface area (Å²) in [5.41, 5.74) is 5.84. The highest BCUT2D eigenvalue weighted by molar-refractivity contribution is 7.91. The monoisotopic (exact) mass is 339 g/mol. The summed E-state index contributed by atoms with van der Waals surface area (Å²) in [6.45, 7) is 1.53. The van der Waals surface area contributed by atoms with Crippen LogP contribution in [0.25, 0.3) is 0 Å². The Kier molecular flexibility index (Phi) is 6.10. The summed E-state index contributed by atoms with van der Waals surface area (Å²) < 4.78 is 27.8. The maximum atomic E-state index is 11.8. The van der Waals surface area contributed by atoms with Gasteiger partial charge in [0, 0.05) is 5.69 Å². The standard InChI is InChI=1S/C12H15Cl2NO4S/c1-2-4-20(17,18)5-3-19-12(16)9-6-8(15)7-10(13)11(9)14/h6-7H,2-5,15H2,1H3. The zero-order valence-corrected chi connectivity index (χ0v) is 13.2. The molecule has 0 aliphatic rings. The number of nitrogens with two attached hydrogens (primary N) is 1. The molecular weight excluding hydrogens is 325 g/mol. The van der Waals surface area contributed by atoms with Crippen molar-refractivity contribution in [3.63, 3.8) is 0 Å². The number of ether oxygens (including phenoxy) is 1. The molecule has 0 saturated heterocycles. The Morgan fingerprint density at radius 3 is 2.55 bits per heavy atom. The molecule has 0 atom stereocenters. The molecule has 0 fully saturated rings. The molecule has 112 valence electrons. The number of carbonyl (C=O) groups is 1. The van der Waals surface area contributed by atoms with Crippen molar-refractivity contribution in [1.82, 2.24) is 0 Å². The van der Waals surface area contributed by atoms with Crippen molar-refractivity contribution in [1.29, 1.82) is 0 Å². The van der Waals surface area contributed by atoms with Gasteiger partial charge in [-0.25, -0.2) is 13.2 Å². The van der Waals surface area contributed by atoms with E-state index in [1.54, 1.807) is 6.92 Å². The molecule has 0 heterocycles. The minimum Gasteiger partial charge on any atom is -0.461 e. The molecule has 0 radical (unpaired) electrons. The van der Waals surface area contributed by atoms with Crippen LogP contribution in [0.5, 0.6) is 0 Å². The van der Waals surface area contributed by atoms with Crippen molar-refractivity contribution >= 4 is 44.7 Å². The van der Waals surface area contributed by atoms with Gasteiger partial charge < -0.3 is 10.5 Å². The molecule has 2 N–H and O–H groups in total. The maximum Gasteiger partial charge on any atom is 0.339 e. The second-order valence-corrected chi connectivity index (χ2v) is 7.24. The highest BCUT2D eigenvalue weighted by Gasteiger charge is 2.17. The molecule has 0 saturated carbocycles. The first-order valence-corrected chi connectivity index (χ1v) is 8.46. The Bertz CT molecular complexity index is 602. The second-order valence-electron chi connectivity index (χ2n) is 4.15. The number of sulfone groups is 1. The first kappa shape index (κ1) is 17.1. The fourth-order valence-corrected chi connectivity index (χ4v) is 3.09. The predicted octanol–water partition coefficient (Wildman–Crippen LogP) is 2.56. The van der Waals surface area contributed by atoms with Crippen LogP contribution in [0, 0.1) is 0 Å². The van der Waals surface area contributed by atoms with E-state index in [-0.39, 0.29) is 39.4 Å². The number of hydrogen-bond acceptors (Lipinski definition) is 5. The highest BCUT2D eigenvalue weighted by Crippen LogP contribution is 2.29. The topological polar surface area (TPSA) is 86.5 Å². The van der Waals surface area contributed by atoms with Crippen LogP contribution < -0.4 is 5.73 Å². The largest absolute Gasteiger partial charge is 0.461 e. The van der Waals surface area contributed by atoms with Crippen molar-refractivity contribution in [3.8, 4) is 0 Å². The lowest BCUT2D eigenvalue weighted by Crippen LogP contribution is -2.18. The van der Waals surface area contributed by atoms with Gasteiger partial charge in [-0.3, -0.25) is 0 Å². The fraction of sp³-hybridized carbons (Fsp3) is 0.417. The summed E-state index contributed by atoms with van der Waals surface area (Å²) in [4.78, 5) is 11.8. The van der Waals surface area contributed by atoms with E-state index in [0.29, 0.717) is 6.42 Å². The molecule has 0 aliphatic heterocycles. The van der Waals surface area contributed by atoms with E-state index in [0.717, 1.165) is 0 Å². The summed E-state index contributed by atoms with van der Waals surface area (Å²) >= 11 is 11.7. The Labute approximate surface area is 127 Å². The molecule has 0 aromatic heterocycles. The Balaban J connectivity index is 2.69. The molecular formula is C12H15Cl2NO4S. The van der Waals surface area contributed by atoms with Gasteiger partial charge in [-0.1, -0.05) is 30.1 Å². The van der Waals surface area contributed by atoms with E-state index in [1.165, 1.54) is 12.1 Å². The number of nitrogen functional groups attached to an aromatic ring is 1. The van der Waals surface area contributed by atoms with Crippen LogP contribution in [0.15, 0.2) is 12.1 Å². The molecule has 8 heteroatoms. The maximum absolute atomic E-state index is 11.8. The Hall–Kier alpha value is -0.980. The quantitative estimate of drug-likeness (QED) is 0.635. The molecule has 5 nitrogen and oxygen atoms in total. The predicted molar refractivity (Wildman–Crippen MR) is 80.1 cm³/mol. The van der Waals surface area contributed by atoms with Gasteiger partial charge in [-0.05, 0) is 18.6 Å². The molecule has 0 amide bonds. The number of hydrogen-bond donors (Lipinski definition) is 1. The zero-order chi connectivity index (χ0) is 15.3. The Morgan fingerprint density at radius 1 is 1.30 bits per heavy atom. The van der Waals surface area contributed by atoms with Crippen LogP contribution in [0.4, 0.5) is 5.69 Å². The normalized spacial score (nSPS) is 11.3. The average molecular weight is 340 g/mol. The number of halogens is 2. The lowest BCUT2D eigenvalue weighted by atomic mass is 10.2. The van der Waals surface area contributed by atoms with E-state index in [1.807, 2.05) is 0 Å². The number of rotatable bonds is 6. The van der Waals surface area contributed by atoms with Gasteiger partial charge in [0.05, 0.1) is 27.1 Å². The van der Waals surface area contributed by atoms with Crippen LogP contribution in [0.1, 0.15) is 23.7 Å². The van der Waals surface area contributed by atoms with Crippen LogP contribution in [0.3, 0.4) is 0 Å². The third-order valence-corrected chi connectivity index (χ3v) is 5.03. The number of benzene rings is 1. The van der Waals surface area contributed by atoms with Gasteiger partial charge in [0.2, 0.25) is 0 Å². The summed E-state index contributed by atoms with van der Waals surface area (Å²) in [7, 11) is -3.20. The van der Waals surface area contributed by atoms with E-state index < -0.39 is 15.8 Å². The molecule has 0 unspecified atom stereocenters. The summed E-state index contributed by atoms with van der Waals surface area (Å²) in [6, 6.07) is 2.74. The minimum absolute atomic E-state index is 0.0181. The lowest BCUT2D eigenvalue weighted by Gasteiger charge is -2.08. The average Bonchev–Trinajstić information content (AvgIpc) is 2.33. The SMILES string of the molecule is CCCS(=O)(=O)CCOC(=O)c1cc(N)cc(Cl)c1Cl. The van der Waals surface area contributed by atoms with E-state index in [4.69, 9.17) is 33.7 Å². The van der Waals surface area contributed by atoms with Crippen molar-refractivity contribution in [2.24, 2.45) is 0 Å². The third-order valence-electron chi connectivity index (χ3n) is 2.41. The van der Waals surface area contributed by atoms with Crippen LogP contribution in [-0.2, 0) is 14.6 Å². The number of carbonyl (C=O) groups excluding carboxylic acids is 1. The van der Waals surface area contributed by atoms with E-state index in [2.05, 4.69) is 0 Å². The van der Waals surface area contributed by atoms with E-state index >= 15 is 0 Å². The molecule has 0 spiro atoms. The van der Waals surface area contributed by atoms with Crippen molar-refractivity contribution < 1.29 is 17.9 Å². The van der Waals surface area contributed by atoms with Crippen LogP contribution in [-0.4, -0.2) is 32.5 Å². The summed E-state index contributed by atoms with van der Waals surface area (Å²) in [5.74, 6) is -0.911. The van der Waals surface area contributed by atoms with Gasteiger partial charge in [-0.2, -0.15) is 0 Å². The fourth-order valence-electron chi connectivity index (χ4n) is 1.51. The van der Waals surface area contributed by atoms with Gasteiger partial charge >= 0.3 is 5.97 Å². The van der Waals surface area contributed by atoms with Crippen molar-refractivity contribution in [2.45, 2.75) is 13.3 Å². The van der Waals surface area contributed by atoms with Gasteiger partial charge in [0.15, 0.2) is 9.84 Å². The number of anilines is 1.